The van der Waals surface area contributed by atoms with Gasteiger partial charge in [-0.1, -0.05) is 226 Å². The molecule has 0 fully saturated rings. The second-order valence-corrected chi connectivity index (χ2v) is 12.3. The van der Waals surface area contributed by atoms with Crippen LogP contribution in [-0.4, -0.2) is 0 Å². The van der Waals surface area contributed by atoms with E-state index in [1.807, 2.05) is 0 Å². The van der Waals surface area contributed by atoms with Gasteiger partial charge in [0.05, 0.1) is 0 Å². The first-order valence-electron chi connectivity index (χ1n) is 17.6. The van der Waals surface area contributed by atoms with Gasteiger partial charge in [-0.25, -0.2) is 0 Å². The number of unbranched alkanes of at least 4 members (excludes halogenated alkanes) is 26. The summed E-state index contributed by atoms with van der Waals surface area (Å²) in [6.45, 7) is 8.60. The van der Waals surface area contributed by atoms with Crippen molar-refractivity contribution in [2.24, 2.45) is 5.92 Å². The maximum Gasteiger partial charge on any atom is -0.0414 e. The molecule has 0 saturated carbocycles. The normalized spacial score (nSPS) is 11.7. The Bertz CT molecular complexity index is 335. The molecule has 0 nitrogen and oxygen atoms in total. The van der Waals surface area contributed by atoms with E-state index < -0.39 is 0 Å². The van der Waals surface area contributed by atoms with Crippen LogP contribution in [0.4, 0.5) is 0 Å². The highest BCUT2D eigenvalue weighted by Gasteiger charge is 2.09. The standard InChI is InChI=1S/C36H73/c1-4-7-10-13-16-19-22-25-28-31-34-36(33-30-27-24-21-18-15-12-9-6-3)35-32-29-26-23-20-17-14-11-8-5-2/h36H,3-35H2,1-2H3. The lowest BCUT2D eigenvalue weighted by molar-refractivity contribution is 0.365. The summed E-state index contributed by atoms with van der Waals surface area (Å²) in [4.78, 5) is 0. The fourth-order valence-corrected chi connectivity index (χ4v) is 5.94. The van der Waals surface area contributed by atoms with E-state index in [0.29, 0.717) is 0 Å². The summed E-state index contributed by atoms with van der Waals surface area (Å²) in [5, 5.41) is 0. The minimum atomic E-state index is 1.03. The van der Waals surface area contributed by atoms with Crippen LogP contribution in [0.5, 0.6) is 0 Å². The number of hydrogen-bond donors (Lipinski definition) is 0. The highest BCUT2D eigenvalue weighted by Crippen LogP contribution is 2.25. The van der Waals surface area contributed by atoms with Gasteiger partial charge in [-0.05, 0) is 5.92 Å². The smallest absolute Gasteiger partial charge is 0.0414 e. The van der Waals surface area contributed by atoms with Crippen LogP contribution >= 0.6 is 0 Å². The third kappa shape index (κ3) is 30.2. The Morgan fingerprint density at radius 2 is 0.528 bits per heavy atom. The van der Waals surface area contributed by atoms with Crippen molar-refractivity contribution in [2.45, 2.75) is 219 Å². The van der Waals surface area contributed by atoms with E-state index in [0.717, 1.165) is 12.3 Å². The third-order valence-electron chi connectivity index (χ3n) is 8.54. The van der Waals surface area contributed by atoms with Crippen LogP contribution < -0.4 is 0 Å². The molecule has 0 rings (SSSR count). The van der Waals surface area contributed by atoms with Crippen molar-refractivity contribution in [2.75, 3.05) is 0 Å². The van der Waals surface area contributed by atoms with E-state index in [1.165, 1.54) is 199 Å². The van der Waals surface area contributed by atoms with Gasteiger partial charge >= 0.3 is 0 Å². The topological polar surface area (TPSA) is 0 Å². The van der Waals surface area contributed by atoms with Gasteiger partial charge in [0.2, 0.25) is 0 Å². The first kappa shape index (κ1) is 36.0. The van der Waals surface area contributed by atoms with Gasteiger partial charge in [0.25, 0.3) is 0 Å². The molecule has 36 heavy (non-hydrogen) atoms. The maximum absolute atomic E-state index is 3.96. The van der Waals surface area contributed by atoms with Crippen molar-refractivity contribution in [1.82, 2.24) is 0 Å². The Balaban J connectivity index is 3.86. The third-order valence-corrected chi connectivity index (χ3v) is 8.54. The van der Waals surface area contributed by atoms with Gasteiger partial charge in [-0.15, -0.1) is 0 Å². The fourth-order valence-electron chi connectivity index (χ4n) is 5.94. The molecule has 0 spiro atoms. The molecular weight excluding hydrogens is 432 g/mol. The van der Waals surface area contributed by atoms with E-state index in [-0.39, 0.29) is 0 Å². The largest absolute Gasteiger partial charge is 0.0654 e. The molecule has 0 aliphatic carbocycles. The van der Waals surface area contributed by atoms with E-state index in [1.54, 1.807) is 0 Å². The number of rotatable bonds is 32. The van der Waals surface area contributed by atoms with Gasteiger partial charge in [-0.2, -0.15) is 0 Å². The molecule has 0 atom stereocenters. The average molecular weight is 506 g/mol. The van der Waals surface area contributed by atoms with Gasteiger partial charge in [0.1, 0.15) is 0 Å². The van der Waals surface area contributed by atoms with Gasteiger partial charge in [0, 0.05) is 0 Å². The van der Waals surface area contributed by atoms with Gasteiger partial charge in [0.15, 0.2) is 0 Å². The summed E-state index contributed by atoms with van der Waals surface area (Å²) in [5.74, 6) is 1.03. The Hall–Kier alpha value is 0. The lowest BCUT2D eigenvalue weighted by Gasteiger charge is -2.17. The zero-order valence-corrected chi connectivity index (χ0v) is 25.9. The van der Waals surface area contributed by atoms with Crippen molar-refractivity contribution < 1.29 is 0 Å². The summed E-state index contributed by atoms with van der Waals surface area (Å²) in [6, 6.07) is 0. The molecule has 0 aliphatic heterocycles. The van der Waals surface area contributed by atoms with Crippen LogP contribution in [0, 0.1) is 12.8 Å². The molecule has 0 heterocycles. The summed E-state index contributed by atoms with van der Waals surface area (Å²) < 4.78 is 0. The maximum atomic E-state index is 3.96. The molecule has 0 bridgehead atoms. The molecule has 0 saturated heterocycles. The molecule has 0 aromatic rings. The molecule has 0 amide bonds. The second-order valence-electron chi connectivity index (χ2n) is 12.3. The van der Waals surface area contributed by atoms with E-state index >= 15 is 0 Å². The van der Waals surface area contributed by atoms with Crippen molar-refractivity contribution in [3.63, 3.8) is 0 Å². The number of hydrogen-bond acceptors (Lipinski definition) is 0. The first-order chi connectivity index (χ1) is 17.8. The highest BCUT2D eigenvalue weighted by molar-refractivity contribution is 4.62. The summed E-state index contributed by atoms with van der Waals surface area (Å²) >= 11 is 0. The molecule has 0 aliphatic rings. The zero-order chi connectivity index (χ0) is 26.2. The molecular formula is C36H73. The molecule has 0 unspecified atom stereocenters. The predicted octanol–water partition coefficient (Wildman–Crippen LogP) is 14.0. The van der Waals surface area contributed by atoms with Crippen LogP contribution in [0.1, 0.15) is 219 Å². The molecule has 0 aromatic carbocycles. The molecule has 0 N–H and O–H groups in total. The van der Waals surface area contributed by atoms with Crippen LogP contribution in [0.2, 0.25) is 0 Å². The Kier molecular flexibility index (Phi) is 33.0. The summed E-state index contributed by atoms with van der Waals surface area (Å²) in [5.41, 5.74) is 0. The van der Waals surface area contributed by atoms with Crippen LogP contribution in [0.25, 0.3) is 0 Å². The van der Waals surface area contributed by atoms with E-state index in [4.69, 9.17) is 0 Å². The second kappa shape index (κ2) is 33.0. The summed E-state index contributed by atoms with van der Waals surface area (Å²) in [7, 11) is 0. The average Bonchev–Trinajstić information content (AvgIpc) is 2.89. The van der Waals surface area contributed by atoms with Gasteiger partial charge < -0.3 is 0 Å². The highest BCUT2D eigenvalue weighted by atomic mass is 14.1. The van der Waals surface area contributed by atoms with Gasteiger partial charge in [-0.3, -0.25) is 0 Å². The SMILES string of the molecule is [CH2]CCCCCCCCCCC(CCCCCCCCCCCC)CCCCCCCCCCCC. The van der Waals surface area contributed by atoms with Crippen molar-refractivity contribution in [1.29, 1.82) is 0 Å². The minimum absolute atomic E-state index is 1.03. The van der Waals surface area contributed by atoms with Crippen molar-refractivity contribution in [3.05, 3.63) is 6.92 Å². The molecule has 1 radical (unpaired) electrons. The van der Waals surface area contributed by atoms with Crippen LogP contribution in [0.15, 0.2) is 0 Å². The predicted molar refractivity (Wildman–Crippen MR) is 168 cm³/mol. The van der Waals surface area contributed by atoms with Crippen molar-refractivity contribution >= 4 is 0 Å². The van der Waals surface area contributed by atoms with E-state index in [9.17, 15) is 0 Å². The quantitative estimate of drug-likeness (QED) is 0.0797. The zero-order valence-electron chi connectivity index (χ0n) is 25.9. The fraction of sp³-hybridized carbons (Fsp3) is 0.972. The lowest BCUT2D eigenvalue weighted by Crippen LogP contribution is -2.01. The summed E-state index contributed by atoms with van der Waals surface area (Å²) in [6.07, 6.45) is 46.7. The Morgan fingerprint density at radius 3 is 0.778 bits per heavy atom. The minimum Gasteiger partial charge on any atom is -0.0654 e. The Labute approximate surface area is 232 Å². The van der Waals surface area contributed by atoms with Crippen LogP contribution in [-0.2, 0) is 0 Å². The Morgan fingerprint density at radius 1 is 0.306 bits per heavy atom. The first-order valence-corrected chi connectivity index (χ1v) is 17.6. The van der Waals surface area contributed by atoms with Crippen LogP contribution in [0.3, 0.4) is 0 Å². The molecule has 0 aromatic heterocycles. The lowest BCUT2D eigenvalue weighted by atomic mass is 9.89. The molecule has 217 valence electrons. The van der Waals surface area contributed by atoms with Crippen molar-refractivity contribution in [3.8, 4) is 0 Å². The monoisotopic (exact) mass is 506 g/mol. The molecule has 0 heteroatoms. The van der Waals surface area contributed by atoms with E-state index in [2.05, 4.69) is 20.8 Å².